The van der Waals surface area contributed by atoms with Crippen LogP contribution in [0.5, 0.6) is 23.0 Å². The van der Waals surface area contributed by atoms with Gasteiger partial charge in [0.15, 0.2) is 23.1 Å². The number of rotatable bonds is 7. The minimum atomic E-state index is -0.872. The zero-order valence-electron chi connectivity index (χ0n) is 27.5. The number of aromatic hydroxyl groups is 1. The molecular formula is C35H33N5O9. The topological polar surface area (TPSA) is 166 Å². The Bertz CT molecular complexity index is 2400. The number of Topliss-reactive ketones (excluding diaryl/α,β-unsaturated/α-hetero) is 1. The molecule has 0 amide bonds. The van der Waals surface area contributed by atoms with Gasteiger partial charge >= 0.3 is 11.4 Å². The van der Waals surface area contributed by atoms with Crippen molar-refractivity contribution in [1.82, 2.24) is 23.5 Å². The molecule has 4 aromatic rings. The van der Waals surface area contributed by atoms with Crippen molar-refractivity contribution in [3.8, 4) is 23.0 Å². The molecule has 7 rings (SSSR count). The van der Waals surface area contributed by atoms with Crippen LogP contribution in [0, 0.1) is 0 Å². The maximum Gasteiger partial charge on any atom is 0.347 e. The summed E-state index contributed by atoms with van der Waals surface area (Å²) < 4.78 is 21.3. The molecule has 0 unspecified atom stereocenters. The van der Waals surface area contributed by atoms with E-state index >= 15 is 0 Å². The summed E-state index contributed by atoms with van der Waals surface area (Å²) in [4.78, 5) is 72.7. The van der Waals surface area contributed by atoms with Gasteiger partial charge in [0.25, 0.3) is 5.56 Å². The second kappa shape index (κ2) is 11.6. The first-order valence-corrected chi connectivity index (χ1v) is 15.6. The third-order valence-corrected chi connectivity index (χ3v) is 9.68. The monoisotopic (exact) mass is 667 g/mol. The van der Waals surface area contributed by atoms with Crippen LogP contribution in [0.3, 0.4) is 0 Å². The molecule has 0 saturated heterocycles. The molecule has 0 fully saturated rings. The van der Waals surface area contributed by atoms with E-state index in [0.717, 1.165) is 4.57 Å². The summed E-state index contributed by atoms with van der Waals surface area (Å²) >= 11 is 0. The molecule has 14 heteroatoms. The van der Waals surface area contributed by atoms with Crippen molar-refractivity contribution in [2.75, 3.05) is 21.3 Å². The number of carbonyl (C=O) groups is 2. The summed E-state index contributed by atoms with van der Waals surface area (Å²) in [5.41, 5.74) is 1.21. The molecule has 0 spiro atoms. The lowest BCUT2D eigenvalue weighted by Gasteiger charge is -2.39. The van der Waals surface area contributed by atoms with E-state index in [0.29, 0.717) is 39.4 Å². The first kappa shape index (κ1) is 31.7. The van der Waals surface area contributed by atoms with E-state index in [1.807, 2.05) is 0 Å². The van der Waals surface area contributed by atoms with Crippen LogP contribution in [0.4, 0.5) is 0 Å². The fourth-order valence-electron chi connectivity index (χ4n) is 7.21. The maximum atomic E-state index is 14.1. The number of nitrogens with zero attached hydrogens (tertiary/aromatic N) is 5. The molecule has 1 aliphatic heterocycles. The van der Waals surface area contributed by atoms with Gasteiger partial charge in [0.05, 0.1) is 44.9 Å². The van der Waals surface area contributed by atoms with Crippen LogP contribution in [0.2, 0.25) is 0 Å². The highest BCUT2D eigenvalue weighted by Gasteiger charge is 2.45. The Morgan fingerprint density at radius 1 is 0.959 bits per heavy atom. The molecule has 2 aromatic carbocycles. The SMILES string of the molecule is COc1ccc(O)c([C@H]2C3=CCn4c(=O)n(CCc5nc6cc(OC)c(OC)cc6n(C)c5=O)c(=O)n4[C@@H]3CC3=C2C(=O)C(C)=CC3=O)c1. The van der Waals surface area contributed by atoms with Crippen LogP contribution >= 0.6 is 0 Å². The summed E-state index contributed by atoms with van der Waals surface area (Å²) in [5.74, 6) is -0.371. The number of hydrogen-bond donors (Lipinski definition) is 1. The molecule has 1 N–H and O–H groups in total. The largest absolute Gasteiger partial charge is 0.508 e. The summed E-state index contributed by atoms with van der Waals surface area (Å²) in [6.45, 7) is 1.44. The smallest absolute Gasteiger partial charge is 0.347 e. The number of hydrogen-bond acceptors (Lipinski definition) is 10. The van der Waals surface area contributed by atoms with Crippen molar-refractivity contribution in [3.63, 3.8) is 0 Å². The van der Waals surface area contributed by atoms with Crippen LogP contribution in [0.25, 0.3) is 11.0 Å². The molecule has 0 radical (unpaired) electrons. The normalized spacial score (nSPS) is 18.5. The molecule has 3 heterocycles. The van der Waals surface area contributed by atoms with Gasteiger partial charge in [-0.05, 0) is 36.8 Å². The van der Waals surface area contributed by atoms with Crippen LogP contribution in [0.15, 0.2) is 79.2 Å². The third-order valence-electron chi connectivity index (χ3n) is 9.68. The van der Waals surface area contributed by atoms with Gasteiger partial charge in [0, 0.05) is 66.8 Å². The van der Waals surface area contributed by atoms with Crippen molar-refractivity contribution in [3.05, 3.63) is 107 Å². The average Bonchev–Trinajstić information content (AvgIpc) is 3.35. The minimum Gasteiger partial charge on any atom is -0.508 e. The Labute approximate surface area is 278 Å². The van der Waals surface area contributed by atoms with Gasteiger partial charge in [-0.2, -0.15) is 0 Å². The fraction of sp³-hybridized carbons (Fsp3) is 0.314. The van der Waals surface area contributed by atoms with Crippen molar-refractivity contribution in [1.29, 1.82) is 0 Å². The van der Waals surface area contributed by atoms with Crippen LogP contribution in [-0.2, 0) is 36.1 Å². The summed E-state index contributed by atoms with van der Waals surface area (Å²) in [5, 5.41) is 11.0. The Morgan fingerprint density at radius 2 is 1.69 bits per heavy atom. The van der Waals surface area contributed by atoms with E-state index in [1.54, 1.807) is 44.3 Å². The van der Waals surface area contributed by atoms with Gasteiger partial charge in [-0.25, -0.2) is 28.5 Å². The number of methoxy groups -OCH3 is 3. The van der Waals surface area contributed by atoms with Crippen molar-refractivity contribution in [2.24, 2.45) is 7.05 Å². The Morgan fingerprint density at radius 3 is 2.41 bits per heavy atom. The first-order valence-electron chi connectivity index (χ1n) is 15.6. The lowest BCUT2D eigenvalue weighted by atomic mass is 9.67. The number of allylic oxidation sites excluding steroid dienone is 6. The quantitative estimate of drug-likeness (QED) is 0.228. The highest BCUT2D eigenvalue weighted by molar-refractivity contribution is 6.23. The van der Waals surface area contributed by atoms with Gasteiger partial charge in [0.2, 0.25) is 0 Å². The second-order valence-electron chi connectivity index (χ2n) is 12.2. The van der Waals surface area contributed by atoms with E-state index in [2.05, 4.69) is 4.98 Å². The number of benzene rings is 2. The molecule has 3 aliphatic rings. The summed E-state index contributed by atoms with van der Waals surface area (Å²) in [7, 11) is 6.06. The summed E-state index contributed by atoms with van der Waals surface area (Å²) in [6.07, 6.45) is 3.04. The van der Waals surface area contributed by atoms with E-state index in [1.165, 1.54) is 47.4 Å². The molecule has 0 saturated carbocycles. The standard InChI is InChI=1S/C35H33N5O9/c1-17-12-27(42)21-14-24-19(30(31(21)32(17)43)20-13-18(47-3)6-7-26(20)41)8-11-39-34(45)38(35(46)40(24)39)10-9-22-33(44)37(2)25-16-29(49-5)28(48-4)15-23(25)36-22/h6-8,12-13,15-16,24,30,41H,9-11,14H2,1-5H3/t24-,30-/m1/s1. The molecule has 2 atom stereocenters. The number of fused-ring (bicyclic) bond motifs is 4. The molecule has 2 aromatic heterocycles. The second-order valence-corrected chi connectivity index (χ2v) is 12.2. The fourth-order valence-corrected chi connectivity index (χ4v) is 7.21. The zero-order valence-corrected chi connectivity index (χ0v) is 27.5. The van der Waals surface area contributed by atoms with Crippen molar-refractivity contribution in [2.45, 2.75) is 44.8 Å². The Balaban J connectivity index is 1.30. The van der Waals surface area contributed by atoms with Gasteiger partial charge in [-0.1, -0.05) is 6.08 Å². The molecular weight excluding hydrogens is 634 g/mol. The van der Waals surface area contributed by atoms with Crippen LogP contribution in [-0.4, -0.2) is 61.5 Å². The highest BCUT2D eigenvalue weighted by atomic mass is 16.5. The molecule has 2 aliphatic carbocycles. The maximum absolute atomic E-state index is 14.1. The predicted molar refractivity (Wildman–Crippen MR) is 177 cm³/mol. The zero-order chi connectivity index (χ0) is 34.9. The molecule has 252 valence electrons. The van der Waals surface area contributed by atoms with Crippen LogP contribution in [0.1, 0.15) is 36.6 Å². The number of phenolic OH excluding ortho intramolecular Hbond substituents is 1. The Kier molecular flexibility index (Phi) is 7.53. The number of carbonyl (C=O) groups excluding carboxylic acids is 2. The first-order chi connectivity index (χ1) is 23.5. The van der Waals surface area contributed by atoms with E-state index in [9.17, 15) is 29.1 Å². The number of ether oxygens (including phenoxy) is 3. The predicted octanol–water partition coefficient (Wildman–Crippen LogP) is 2.10. The molecule has 0 bridgehead atoms. The molecule has 49 heavy (non-hydrogen) atoms. The van der Waals surface area contributed by atoms with Crippen molar-refractivity contribution < 1.29 is 28.9 Å². The van der Waals surface area contributed by atoms with Gasteiger partial charge in [-0.3, -0.25) is 14.4 Å². The van der Waals surface area contributed by atoms with Gasteiger partial charge in [0.1, 0.15) is 17.2 Å². The number of aromatic nitrogens is 5. The average molecular weight is 668 g/mol. The lowest BCUT2D eigenvalue weighted by Crippen LogP contribution is -2.40. The van der Waals surface area contributed by atoms with E-state index in [4.69, 9.17) is 14.2 Å². The number of aryl methyl sites for hydroxylation is 2. The minimum absolute atomic E-state index is 0.00181. The summed E-state index contributed by atoms with van der Waals surface area (Å²) in [6, 6.07) is 7.14. The van der Waals surface area contributed by atoms with Crippen LogP contribution < -0.4 is 31.1 Å². The van der Waals surface area contributed by atoms with E-state index in [-0.39, 0.29) is 65.7 Å². The third kappa shape index (κ3) is 4.77. The molecule has 14 nitrogen and oxygen atoms in total. The van der Waals surface area contributed by atoms with E-state index < -0.39 is 28.9 Å². The lowest BCUT2D eigenvalue weighted by molar-refractivity contribution is -0.116. The van der Waals surface area contributed by atoms with Gasteiger partial charge < -0.3 is 23.9 Å². The Hall–Kier alpha value is -5.92. The van der Waals surface area contributed by atoms with Gasteiger partial charge in [-0.15, -0.1) is 0 Å². The number of phenols is 1. The highest BCUT2D eigenvalue weighted by Crippen LogP contribution is 2.51. The van der Waals surface area contributed by atoms with Crippen molar-refractivity contribution >= 4 is 22.6 Å². The number of ketones is 2.